The minimum atomic E-state index is -0.434. The Morgan fingerprint density at radius 1 is 1.30 bits per heavy atom. The molecule has 2 fully saturated rings. The molecule has 1 amide bonds. The van der Waals surface area contributed by atoms with Crippen LogP contribution in [0.25, 0.3) is 0 Å². The van der Waals surface area contributed by atoms with E-state index >= 15 is 0 Å². The van der Waals surface area contributed by atoms with Crippen molar-refractivity contribution in [2.45, 2.75) is 37.3 Å². The smallest absolute Gasteiger partial charge is 0.256 e. The molecule has 0 N–H and O–H groups in total. The molecule has 1 spiro atoms. The van der Waals surface area contributed by atoms with E-state index in [0.717, 1.165) is 32.3 Å². The van der Waals surface area contributed by atoms with Crippen molar-refractivity contribution in [3.63, 3.8) is 0 Å². The first kappa shape index (κ1) is 16.4. The normalized spacial score (nSPS) is 24.3. The van der Waals surface area contributed by atoms with Crippen molar-refractivity contribution in [2.24, 2.45) is 0 Å². The van der Waals surface area contributed by atoms with Gasteiger partial charge in [-0.1, -0.05) is 12.1 Å². The van der Waals surface area contributed by atoms with Crippen molar-refractivity contribution in [2.75, 3.05) is 33.9 Å². The summed E-state index contributed by atoms with van der Waals surface area (Å²) in [4.78, 5) is 16.8. The number of piperidine rings is 1. The van der Waals surface area contributed by atoms with E-state index in [0.29, 0.717) is 19.1 Å². The van der Waals surface area contributed by atoms with E-state index in [2.05, 4.69) is 11.9 Å². The highest BCUT2D eigenvalue weighted by molar-refractivity contribution is 5.94. The van der Waals surface area contributed by atoms with Crippen LogP contribution in [0, 0.1) is 5.82 Å². The Kier molecular flexibility index (Phi) is 4.69. The molecule has 2 heterocycles. The lowest BCUT2D eigenvalue weighted by Crippen LogP contribution is -2.54. The van der Waals surface area contributed by atoms with Crippen LogP contribution in [-0.4, -0.2) is 61.1 Å². The van der Waals surface area contributed by atoms with Crippen LogP contribution in [0.15, 0.2) is 24.3 Å². The molecule has 1 aromatic carbocycles. The summed E-state index contributed by atoms with van der Waals surface area (Å²) in [7, 11) is 3.92. The molecule has 0 aliphatic carbocycles. The molecule has 2 aliphatic heterocycles. The molecule has 0 bridgehead atoms. The summed E-state index contributed by atoms with van der Waals surface area (Å²) in [6.07, 6.45) is 4.19. The SMILES string of the molecule is COCC1CCC2(CCN(C(=O)c3ccccc3F)CC2)N1C. The minimum absolute atomic E-state index is 0.176. The van der Waals surface area contributed by atoms with Gasteiger partial charge in [0.05, 0.1) is 12.2 Å². The lowest BCUT2D eigenvalue weighted by atomic mass is 9.85. The Balaban J connectivity index is 1.65. The second-order valence-corrected chi connectivity index (χ2v) is 6.76. The summed E-state index contributed by atoms with van der Waals surface area (Å²) in [5, 5.41) is 0. The van der Waals surface area contributed by atoms with Crippen molar-refractivity contribution in [1.29, 1.82) is 0 Å². The molecule has 0 saturated carbocycles. The molecule has 1 aromatic rings. The van der Waals surface area contributed by atoms with Gasteiger partial charge in [-0.15, -0.1) is 0 Å². The number of amides is 1. The van der Waals surface area contributed by atoms with Gasteiger partial charge in [0.25, 0.3) is 5.91 Å². The van der Waals surface area contributed by atoms with Gasteiger partial charge in [-0.3, -0.25) is 9.69 Å². The summed E-state index contributed by atoms with van der Waals surface area (Å²) >= 11 is 0. The molecule has 23 heavy (non-hydrogen) atoms. The fourth-order valence-electron chi connectivity index (χ4n) is 4.11. The second-order valence-electron chi connectivity index (χ2n) is 6.76. The standard InChI is InChI=1S/C18H25FN2O2/c1-20-14(13-23-2)7-8-18(20)9-11-21(12-10-18)17(22)15-5-3-4-6-16(15)19/h3-6,14H,7-13H2,1-2H3. The summed E-state index contributed by atoms with van der Waals surface area (Å²) < 4.78 is 19.1. The zero-order chi connectivity index (χ0) is 16.4. The Bertz CT molecular complexity index is 570. The Hall–Kier alpha value is -1.46. The van der Waals surface area contributed by atoms with Gasteiger partial charge in [-0.2, -0.15) is 0 Å². The van der Waals surface area contributed by atoms with Gasteiger partial charge in [0.2, 0.25) is 0 Å². The number of likely N-dealkylation sites (N-methyl/N-ethyl adjacent to an activating group) is 1. The van der Waals surface area contributed by atoms with Crippen molar-refractivity contribution in [3.8, 4) is 0 Å². The number of carbonyl (C=O) groups is 1. The van der Waals surface area contributed by atoms with E-state index in [-0.39, 0.29) is 17.0 Å². The van der Waals surface area contributed by atoms with Crippen LogP contribution in [0.5, 0.6) is 0 Å². The topological polar surface area (TPSA) is 32.8 Å². The molecule has 4 nitrogen and oxygen atoms in total. The summed E-state index contributed by atoms with van der Waals surface area (Å²) in [5.74, 6) is -0.622. The first-order chi connectivity index (χ1) is 11.1. The van der Waals surface area contributed by atoms with Gasteiger partial charge < -0.3 is 9.64 Å². The molecule has 1 atom stereocenters. The highest BCUT2D eigenvalue weighted by Crippen LogP contribution is 2.40. The number of rotatable bonds is 3. The van der Waals surface area contributed by atoms with Crippen LogP contribution >= 0.6 is 0 Å². The largest absolute Gasteiger partial charge is 0.383 e. The molecule has 3 rings (SSSR count). The van der Waals surface area contributed by atoms with E-state index in [4.69, 9.17) is 4.74 Å². The van der Waals surface area contributed by atoms with Crippen LogP contribution in [0.4, 0.5) is 4.39 Å². The molecule has 126 valence electrons. The molecular formula is C18H25FN2O2. The van der Waals surface area contributed by atoms with Crippen LogP contribution in [-0.2, 0) is 4.74 Å². The number of carbonyl (C=O) groups excluding carboxylic acids is 1. The van der Waals surface area contributed by atoms with Crippen LogP contribution in [0.2, 0.25) is 0 Å². The number of hydrogen-bond donors (Lipinski definition) is 0. The van der Waals surface area contributed by atoms with Crippen molar-refractivity contribution in [1.82, 2.24) is 9.80 Å². The number of methoxy groups -OCH3 is 1. The Labute approximate surface area is 137 Å². The fraction of sp³-hybridized carbons (Fsp3) is 0.611. The lowest BCUT2D eigenvalue weighted by Gasteiger charge is -2.45. The predicted molar refractivity (Wildman–Crippen MR) is 86.9 cm³/mol. The van der Waals surface area contributed by atoms with E-state index in [9.17, 15) is 9.18 Å². The first-order valence-corrected chi connectivity index (χ1v) is 8.33. The molecule has 0 radical (unpaired) electrons. The fourth-order valence-corrected chi connectivity index (χ4v) is 4.11. The minimum Gasteiger partial charge on any atom is -0.383 e. The van der Waals surface area contributed by atoms with Crippen molar-refractivity contribution >= 4 is 5.91 Å². The number of nitrogens with zero attached hydrogens (tertiary/aromatic N) is 2. The third-order valence-electron chi connectivity index (χ3n) is 5.68. The first-order valence-electron chi connectivity index (χ1n) is 8.33. The summed E-state index contributed by atoms with van der Waals surface area (Å²) in [5.41, 5.74) is 0.357. The van der Waals surface area contributed by atoms with Gasteiger partial charge in [-0.05, 0) is 44.9 Å². The number of likely N-dealkylation sites (tertiary alicyclic amines) is 2. The molecule has 5 heteroatoms. The van der Waals surface area contributed by atoms with Crippen LogP contribution < -0.4 is 0 Å². The maximum atomic E-state index is 13.8. The number of benzene rings is 1. The van der Waals surface area contributed by atoms with Gasteiger partial charge in [0.15, 0.2) is 0 Å². The quantitative estimate of drug-likeness (QED) is 0.858. The van der Waals surface area contributed by atoms with Crippen molar-refractivity contribution in [3.05, 3.63) is 35.6 Å². The molecule has 2 saturated heterocycles. The van der Waals surface area contributed by atoms with Crippen LogP contribution in [0.1, 0.15) is 36.0 Å². The monoisotopic (exact) mass is 320 g/mol. The average molecular weight is 320 g/mol. The third-order valence-corrected chi connectivity index (χ3v) is 5.68. The van der Waals surface area contributed by atoms with E-state index < -0.39 is 5.82 Å². The molecule has 0 aromatic heterocycles. The summed E-state index contributed by atoms with van der Waals surface area (Å²) in [6, 6.07) is 6.70. The number of hydrogen-bond acceptors (Lipinski definition) is 3. The zero-order valence-electron chi connectivity index (χ0n) is 13.9. The molecule has 2 aliphatic rings. The highest BCUT2D eigenvalue weighted by Gasteiger charge is 2.46. The lowest BCUT2D eigenvalue weighted by molar-refractivity contribution is 0.0271. The average Bonchev–Trinajstić information content (AvgIpc) is 2.86. The highest BCUT2D eigenvalue weighted by atomic mass is 19.1. The van der Waals surface area contributed by atoms with Gasteiger partial charge in [-0.25, -0.2) is 4.39 Å². The van der Waals surface area contributed by atoms with E-state index in [1.165, 1.54) is 6.07 Å². The van der Waals surface area contributed by atoms with Crippen LogP contribution in [0.3, 0.4) is 0 Å². The Morgan fingerprint density at radius 3 is 2.65 bits per heavy atom. The van der Waals surface area contributed by atoms with E-state index in [1.54, 1.807) is 30.2 Å². The molecule has 1 unspecified atom stereocenters. The van der Waals surface area contributed by atoms with Gasteiger partial charge in [0, 0.05) is 31.8 Å². The van der Waals surface area contributed by atoms with Gasteiger partial charge in [0.1, 0.15) is 5.82 Å². The van der Waals surface area contributed by atoms with Gasteiger partial charge >= 0.3 is 0 Å². The number of ether oxygens (including phenoxy) is 1. The van der Waals surface area contributed by atoms with Crippen molar-refractivity contribution < 1.29 is 13.9 Å². The second kappa shape index (κ2) is 6.57. The maximum Gasteiger partial charge on any atom is 0.256 e. The molecular weight excluding hydrogens is 295 g/mol. The predicted octanol–water partition coefficient (Wildman–Crippen LogP) is 2.54. The van der Waals surface area contributed by atoms with E-state index in [1.807, 2.05) is 0 Å². The zero-order valence-corrected chi connectivity index (χ0v) is 13.9. The maximum absolute atomic E-state index is 13.8. The number of halogens is 1. The summed E-state index contributed by atoms with van der Waals surface area (Å²) in [6.45, 7) is 2.14. The third kappa shape index (κ3) is 3.00. The Morgan fingerprint density at radius 2 is 2.00 bits per heavy atom.